The van der Waals surface area contributed by atoms with Crippen LogP contribution >= 0.6 is 0 Å². The molecule has 0 fully saturated rings. The predicted molar refractivity (Wildman–Crippen MR) is 81.4 cm³/mol. The van der Waals surface area contributed by atoms with Crippen LogP contribution in [0.25, 0.3) is 27.6 Å². The van der Waals surface area contributed by atoms with E-state index in [4.69, 9.17) is 0 Å². The summed E-state index contributed by atoms with van der Waals surface area (Å²) in [5.41, 5.74) is 0.793. The third-order valence-electron chi connectivity index (χ3n) is 4.16. The summed E-state index contributed by atoms with van der Waals surface area (Å²) in [6.45, 7) is 0. The largest absolute Gasteiger partial charge is 0.386 e. The maximum Gasteiger partial charge on any atom is 0.138 e. The number of hydrogen-bond acceptors (Lipinski definition) is 2. The third kappa shape index (κ3) is 1.71. The standard InChI is InChI=1S/C18H13FO2/c19-17-12-6-5-10-3-1-2-4-11(10)14(12)9-15-13(17)7-8-16(20)18(15)21/h1-9,16,18,20-21H/t16-,18-/m0/s1. The fourth-order valence-electron chi connectivity index (χ4n) is 3.05. The molecule has 0 bridgehead atoms. The minimum Gasteiger partial charge on any atom is -0.386 e. The molecule has 0 unspecified atom stereocenters. The molecule has 0 aliphatic heterocycles. The molecular formula is C18H13FO2. The molecule has 21 heavy (non-hydrogen) atoms. The van der Waals surface area contributed by atoms with Crippen molar-refractivity contribution in [1.82, 2.24) is 0 Å². The molecule has 3 aromatic carbocycles. The normalized spacial score (nSPS) is 20.9. The lowest BCUT2D eigenvalue weighted by Crippen LogP contribution is -2.20. The number of hydrogen-bond donors (Lipinski definition) is 2. The molecule has 0 saturated heterocycles. The average molecular weight is 280 g/mol. The number of benzene rings is 3. The Morgan fingerprint density at radius 2 is 1.71 bits per heavy atom. The van der Waals surface area contributed by atoms with E-state index in [0.717, 1.165) is 16.2 Å². The van der Waals surface area contributed by atoms with Crippen LogP contribution in [-0.2, 0) is 0 Å². The van der Waals surface area contributed by atoms with Crippen molar-refractivity contribution < 1.29 is 14.6 Å². The van der Waals surface area contributed by atoms with Gasteiger partial charge in [-0.15, -0.1) is 0 Å². The van der Waals surface area contributed by atoms with E-state index in [9.17, 15) is 14.6 Å². The Morgan fingerprint density at radius 1 is 0.905 bits per heavy atom. The summed E-state index contributed by atoms with van der Waals surface area (Å²) in [6.07, 6.45) is 0.867. The Morgan fingerprint density at radius 3 is 2.57 bits per heavy atom. The number of aliphatic hydroxyl groups excluding tert-OH is 2. The molecular weight excluding hydrogens is 267 g/mol. The van der Waals surface area contributed by atoms with E-state index in [2.05, 4.69) is 0 Å². The van der Waals surface area contributed by atoms with Gasteiger partial charge in [0.1, 0.15) is 18.0 Å². The summed E-state index contributed by atoms with van der Waals surface area (Å²) >= 11 is 0. The first-order valence-electron chi connectivity index (χ1n) is 6.85. The van der Waals surface area contributed by atoms with E-state index in [0.29, 0.717) is 16.5 Å². The molecule has 2 N–H and O–H groups in total. The van der Waals surface area contributed by atoms with Gasteiger partial charge in [0.25, 0.3) is 0 Å². The molecule has 0 saturated carbocycles. The van der Waals surface area contributed by atoms with E-state index in [1.807, 2.05) is 30.3 Å². The van der Waals surface area contributed by atoms with Gasteiger partial charge < -0.3 is 10.2 Å². The second-order valence-corrected chi connectivity index (χ2v) is 5.37. The third-order valence-corrected chi connectivity index (χ3v) is 4.16. The minimum atomic E-state index is -1.09. The van der Waals surface area contributed by atoms with Crippen LogP contribution in [0.2, 0.25) is 0 Å². The maximum absolute atomic E-state index is 14.7. The van der Waals surface area contributed by atoms with E-state index in [-0.39, 0.29) is 5.82 Å². The van der Waals surface area contributed by atoms with E-state index in [1.54, 1.807) is 12.1 Å². The maximum atomic E-state index is 14.7. The van der Waals surface area contributed by atoms with E-state index < -0.39 is 12.2 Å². The average Bonchev–Trinajstić information content (AvgIpc) is 2.51. The lowest BCUT2D eigenvalue weighted by atomic mass is 9.88. The van der Waals surface area contributed by atoms with Crippen molar-refractivity contribution in [2.45, 2.75) is 12.2 Å². The van der Waals surface area contributed by atoms with Crippen molar-refractivity contribution in [3.63, 3.8) is 0 Å². The van der Waals surface area contributed by atoms with Crippen LogP contribution in [0, 0.1) is 5.82 Å². The highest BCUT2D eigenvalue weighted by atomic mass is 19.1. The topological polar surface area (TPSA) is 40.5 Å². The fourth-order valence-corrected chi connectivity index (χ4v) is 3.05. The lowest BCUT2D eigenvalue weighted by molar-refractivity contribution is 0.0468. The molecule has 1 aliphatic rings. The summed E-state index contributed by atoms with van der Waals surface area (Å²) in [6, 6.07) is 13.2. The summed E-state index contributed by atoms with van der Waals surface area (Å²) < 4.78 is 14.7. The van der Waals surface area contributed by atoms with Crippen molar-refractivity contribution in [2.75, 3.05) is 0 Å². The van der Waals surface area contributed by atoms with Crippen LogP contribution in [0.4, 0.5) is 4.39 Å². The van der Waals surface area contributed by atoms with E-state index >= 15 is 0 Å². The van der Waals surface area contributed by atoms with Crippen LogP contribution in [0.1, 0.15) is 17.2 Å². The monoisotopic (exact) mass is 280 g/mol. The number of fused-ring (bicyclic) bond motifs is 4. The molecule has 2 nitrogen and oxygen atoms in total. The molecule has 104 valence electrons. The van der Waals surface area contributed by atoms with Crippen LogP contribution in [0.15, 0.2) is 48.5 Å². The minimum absolute atomic E-state index is 0.351. The quantitative estimate of drug-likeness (QED) is 0.618. The van der Waals surface area contributed by atoms with Gasteiger partial charge in [-0.25, -0.2) is 4.39 Å². The van der Waals surface area contributed by atoms with Crippen molar-refractivity contribution in [3.05, 3.63) is 65.5 Å². The second kappa shape index (κ2) is 4.38. The van der Waals surface area contributed by atoms with Crippen molar-refractivity contribution in [1.29, 1.82) is 0 Å². The van der Waals surface area contributed by atoms with Gasteiger partial charge >= 0.3 is 0 Å². The van der Waals surface area contributed by atoms with Crippen LogP contribution < -0.4 is 0 Å². The number of halogens is 1. The highest BCUT2D eigenvalue weighted by molar-refractivity contribution is 6.08. The molecule has 0 aromatic heterocycles. The van der Waals surface area contributed by atoms with Gasteiger partial charge in [-0.05, 0) is 27.8 Å². The Bertz CT molecular complexity index is 898. The molecule has 4 rings (SSSR count). The molecule has 0 radical (unpaired) electrons. The van der Waals surface area contributed by atoms with Gasteiger partial charge in [0, 0.05) is 10.9 Å². The van der Waals surface area contributed by atoms with Gasteiger partial charge in [-0.2, -0.15) is 0 Å². The second-order valence-electron chi connectivity index (χ2n) is 5.37. The molecule has 2 atom stereocenters. The molecule has 0 amide bonds. The summed E-state index contributed by atoms with van der Waals surface area (Å²) in [4.78, 5) is 0. The molecule has 3 heteroatoms. The van der Waals surface area contributed by atoms with Crippen molar-refractivity contribution >= 4 is 27.6 Å². The molecule has 3 aromatic rings. The Balaban J connectivity index is 2.17. The van der Waals surface area contributed by atoms with Crippen LogP contribution in [0.3, 0.4) is 0 Å². The molecule has 0 heterocycles. The van der Waals surface area contributed by atoms with Crippen LogP contribution in [-0.4, -0.2) is 16.3 Å². The Kier molecular flexibility index (Phi) is 2.61. The smallest absolute Gasteiger partial charge is 0.138 e. The van der Waals surface area contributed by atoms with Gasteiger partial charge in [0.05, 0.1) is 0 Å². The zero-order valence-corrected chi connectivity index (χ0v) is 11.1. The summed E-state index contributed by atoms with van der Waals surface area (Å²) in [7, 11) is 0. The molecule has 0 spiro atoms. The van der Waals surface area contributed by atoms with Crippen LogP contribution in [0.5, 0.6) is 0 Å². The first-order valence-corrected chi connectivity index (χ1v) is 6.85. The zero-order chi connectivity index (χ0) is 14.6. The van der Waals surface area contributed by atoms with Gasteiger partial charge in [0.2, 0.25) is 0 Å². The molecule has 1 aliphatic carbocycles. The number of rotatable bonds is 0. The SMILES string of the molecule is O[C@H]1C=Cc2c(cc3c(ccc4ccccc43)c2F)[C@@H]1O. The Labute approximate surface area is 120 Å². The fraction of sp³-hybridized carbons (Fsp3) is 0.111. The van der Waals surface area contributed by atoms with Crippen molar-refractivity contribution in [3.8, 4) is 0 Å². The summed E-state index contributed by atoms with van der Waals surface area (Å²) in [5, 5.41) is 23.1. The number of aliphatic hydroxyl groups is 2. The first kappa shape index (κ1) is 12.5. The van der Waals surface area contributed by atoms with Crippen molar-refractivity contribution in [2.24, 2.45) is 0 Å². The van der Waals surface area contributed by atoms with Gasteiger partial charge in [0.15, 0.2) is 0 Å². The predicted octanol–water partition coefficient (Wildman–Crippen LogP) is 3.55. The Hall–Kier alpha value is -2.23. The van der Waals surface area contributed by atoms with Gasteiger partial charge in [-0.1, -0.05) is 48.6 Å². The first-order chi connectivity index (χ1) is 10.2. The van der Waals surface area contributed by atoms with E-state index in [1.165, 1.54) is 12.2 Å². The highest BCUT2D eigenvalue weighted by Crippen LogP contribution is 2.36. The lowest BCUT2D eigenvalue weighted by Gasteiger charge is -2.23. The highest BCUT2D eigenvalue weighted by Gasteiger charge is 2.26. The van der Waals surface area contributed by atoms with Gasteiger partial charge in [-0.3, -0.25) is 0 Å². The summed E-state index contributed by atoms with van der Waals surface area (Å²) in [5.74, 6) is -0.351. The zero-order valence-electron chi connectivity index (χ0n) is 11.1.